The van der Waals surface area contributed by atoms with Crippen LogP contribution in [-0.4, -0.2) is 24.0 Å². The number of nitrogens with one attached hydrogen (secondary N) is 2. The maximum Gasteiger partial charge on any atom is 0.224 e. The first-order valence-electron chi connectivity index (χ1n) is 9.09. The molecule has 1 aromatic heterocycles. The van der Waals surface area contributed by atoms with Crippen LogP contribution >= 0.6 is 24.0 Å². The van der Waals surface area contributed by atoms with Gasteiger partial charge in [-0.15, -0.1) is 24.0 Å². The minimum atomic E-state index is -0.338. The van der Waals surface area contributed by atoms with Crippen molar-refractivity contribution >= 4 is 29.9 Å². The molecule has 0 saturated heterocycles. The zero-order valence-corrected chi connectivity index (χ0v) is 17.8. The van der Waals surface area contributed by atoms with Crippen molar-refractivity contribution in [2.75, 3.05) is 7.05 Å². The Morgan fingerprint density at radius 3 is 2.78 bits per heavy atom. The van der Waals surface area contributed by atoms with Crippen molar-refractivity contribution in [3.8, 4) is 11.6 Å². The highest BCUT2D eigenvalue weighted by Gasteiger charge is 2.15. The van der Waals surface area contributed by atoms with E-state index in [2.05, 4.69) is 20.6 Å². The van der Waals surface area contributed by atoms with E-state index in [0.717, 1.165) is 11.5 Å². The summed E-state index contributed by atoms with van der Waals surface area (Å²) in [6.07, 6.45) is 7.88. The third kappa shape index (κ3) is 6.64. The first kappa shape index (κ1) is 21.4. The fourth-order valence-corrected chi connectivity index (χ4v) is 3.11. The summed E-state index contributed by atoms with van der Waals surface area (Å²) in [5, 5.41) is 6.80. The molecule has 146 valence electrons. The Labute approximate surface area is 176 Å². The molecule has 2 aromatic rings. The van der Waals surface area contributed by atoms with Gasteiger partial charge in [-0.3, -0.25) is 4.99 Å². The molecule has 1 aliphatic carbocycles. The van der Waals surface area contributed by atoms with Gasteiger partial charge in [0.05, 0.1) is 0 Å². The number of pyridine rings is 1. The van der Waals surface area contributed by atoms with Crippen LogP contribution in [0.2, 0.25) is 0 Å². The van der Waals surface area contributed by atoms with Crippen LogP contribution in [0.1, 0.15) is 37.7 Å². The molecule has 0 atom stereocenters. The highest BCUT2D eigenvalue weighted by atomic mass is 127. The quantitative estimate of drug-likeness (QED) is 0.369. The lowest BCUT2D eigenvalue weighted by molar-refractivity contribution is 0.409. The maximum atomic E-state index is 13.4. The molecule has 1 saturated carbocycles. The molecule has 0 bridgehead atoms. The maximum absolute atomic E-state index is 13.4. The molecule has 7 heteroatoms. The predicted molar refractivity (Wildman–Crippen MR) is 116 cm³/mol. The number of halogens is 2. The van der Waals surface area contributed by atoms with E-state index < -0.39 is 0 Å². The van der Waals surface area contributed by atoms with Crippen LogP contribution in [0.5, 0.6) is 11.6 Å². The number of aliphatic imine (C=N–C) groups is 1. The predicted octanol–water partition coefficient (Wildman–Crippen LogP) is 4.63. The SMILES string of the molecule is CN=C(NCc1cccnc1Oc1cccc(F)c1)NC1CCCCC1.I. The van der Waals surface area contributed by atoms with Crippen LogP contribution in [0.25, 0.3) is 0 Å². The zero-order valence-electron chi connectivity index (χ0n) is 15.5. The summed E-state index contributed by atoms with van der Waals surface area (Å²) >= 11 is 0. The van der Waals surface area contributed by atoms with Gasteiger partial charge in [-0.1, -0.05) is 31.4 Å². The van der Waals surface area contributed by atoms with Gasteiger partial charge in [0.25, 0.3) is 0 Å². The van der Waals surface area contributed by atoms with Gasteiger partial charge in [-0.2, -0.15) is 0 Å². The molecule has 0 spiro atoms. The fourth-order valence-electron chi connectivity index (χ4n) is 3.11. The van der Waals surface area contributed by atoms with Crippen molar-refractivity contribution in [2.45, 2.75) is 44.7 Å². The molecular formula is C20H26FIN4O. The lowest BCUT2D eigenvalue weighted by Crippen LogP contribution is -2.43. The summed E-state index contributed by atoms with van der Waals surface area (Å²) in [5.74, 6) is 1.32. The Kier molecular flexibility index (Phi) is 8.77. The minimum Gasteiger partial charge on any atom is -0.439 e. The molecule has 2 N–H and O–H groups in total. The average Bonchev–Trinajstić information content (AvgIpc) is 2.67. The van der Waals surface area contributed by atoms with Gasteiger partial charge in [0.15, 0.2) is 5.96 Å². The summed E-state index contributed by atoms with van der Waals surface area (Å²) in [5.41, 5.74) is 0.878. The number of hydrogen-bond donors (Lipinski definition) is 2. The number of ether oxygens (including phenoxy) is 1. The second kappa shape index (κ2) is 11.1. The van der Waals surface area contributed by atoms with E-state index in [4.69, 9.17) is 4.74 Å². The third-order valence-corrected chi connectivity index (χ3v) is 4.48. The van der Waals surface area contributed by atoms with E-state index >= 15 is 0 Å². The molecule has 1 fully saturated rings. The second-order valence-electron chi connectivity index (χ2n) is 6.43. The monoisotopic (exact) mass is 484 g/mol. The van der Waals surface area contributed by atoms with Gasteiger partial charge in [0.2, 0.25) is 5.88 Å². The van der Waals surface area contributed by atoms with Crippen LogP contribution in [0.4, 0.5) is 4.39 Å². The van der Waals surface area contributed by atoms with Gasteiger partial charge in [0.1, 0.15) is 11.6 Å². The largest absolute Gasteiger partial charge is 0.439 e. The number of rotatable bonds is 5. The van der Waals surface area contributed by atoms with Gasteiger partial charge >= 0.3 is 0 Å². The van der Waals surface area contributed by atoms with E-state index in [1.807, 2.05) is 12.1 Å². The molecule has 5 nitrogen and oxygen atoms in total. The fraction of sp³-hybridized carbons (Fsp3) is 0.400. The first-order valence-corrected chi connectivity index (χ1v) is 9.09. The minimum absolute atomic E-state index is 0. The van der Waals surface area contributed by atoms with E-state index in [9.17, 15) is 4.39 Å². The molecule has 1 heterocycles. The van der Waals surface area contributed by atoms with E-state index in [1.165, 1.54) is 44.2 Å². The second-order valence-corrected chi connectivity index (χ2v) is 6.43. The molecule has 3 rings (SSSR count). The van der Waals surface area contributed by atoms with Crippen molar-refractivity contribution in [3.63, 3.8) is 0 Å². The van der Waals surface area contributed by atoms with E-state index in [0.29, 0.717) is 24.2 Å². The Morgan fingerprint density at radius 1 is 1.22 bits per heavy atom. The van der Waals surface area contributed by atoms with Crippen molar-refractivity contribution < 1.29 is 9.13 Å². The standard InChI is InChI=1S/C20H25FN4O.HI/c1-22-20(25-17-9-3-2-4-10-17)24-14-15-7-6-12-23-19(15)26-18-11-5-8-16(21)13-18;/h5-8,11-13,17H,2-4,9-10,14H2,1H3,(H2,22,24,25);1H. The Balaban J connectivity index is 0.00000261. The smallest absolute Gasteiger partial charge is 0.224 e. The van der Waals surface area contributed by atoms with Gasteiger partial charge < -0.3 is 15.4 Å². The molecule has 27 heavy (non-hydrogen) atoms. The van der Waals surface area contributed by atoms with Crippen molar-refractivity contribution in [2.24, 2.45) is 4.99 Å². The summed E-state index contributed by atoms with van der Waals surface area (Å²) in [4.78, 5) is 8.58. The van der Waals surface area contributed by atoms with E-state index in [1.54, 1.807) is 25.4 Å². The summed E-state index contributed by atoms with van der Waals surface area (Å²) in [6.45, 7) is 0.519. The van der Waals surface area contributed by atoms with Crippen LogP contribution in [0.15, 0.2) is 47.6 Å². The summed E-state index contributed by atoms with van der Waals surface area (Å²) in [6, 6.07) is 10.3. The van der Waals surface area contributed by atoms with Crippen LogP contribution in [-0.2, 0) is 6.54 Å². The Bertz CT molecular complexity index is 750. The average molecular weight is 484 g/mol. The summed E-state index contributed by atoms with van der Waals surface area (Å²) in [7, 11) is 1.77. The van der Waals surface area contributed by atoms with Crippen molar-refractivity contribution in [3.05, 3.63) is 54.0 Å². The molecule has 1 aromatic carbocycles. The molecule has 0 unspecified atom stereocenters. The molecule has 0 amide bonds. The van der Waals surface area contributed by atoms with Crippen LogP contribution in [0, 0.1) is 5.82 Å². The molecular weight excluding hydrogens is 458 g/mol. The van der Waals surface area contributed by atoms with Gasteiger partial charge in [-0.25, -0.2) is 9.37 Å². The van der Waals surface area contributed by atoms with Gasteiger partial charge in [0, 0.05) is 37.5 Å². The molecule has 0 aliphatic heterocycles. The number of guanidine groups is 1. The van der Waals surface area contributed by atoms with Crippen LogP contribution < -0.4 is 15.4 Å². The normalized spacial score (nSPS) is 15.0. The number of hydrogen-bond acceptors (Lipinski definition) is 3. The van der Waals surface area contributed by atoms with Crippen molar-refractivity contribution in [1.29, 1.82) is 0 Å². The number of nitrogens with zero attached hydrogens (tertiary/aromatic N) is 2. The van der Waals surface area contributed by atoms with Gasteiger partial charge in [-0.05, 0) is 31.0 Å². The first-order chi connectivity index (χ1) is 12.7. The number of benzene rings is 1. The van der Waals surface area contributed by atoms with Crippen molar-refractivity contribution in [1.82, 2.24) is 15.6 Å². The zero-order chi connectivity index (χ0) is 18.2. The topological polar surface area (TPSA) is 58.5 Å². The third-order valence-electron chi connectivity index (χ3n) is 4.48. The Hall–Kier alpha value is -1.90. The highest BCUT2D eigenvalue weighted by molar-refractivity contribution is 14.0. The number of aromatic nitrogens is 1. The lowest BCUT2D eigenvalue weighted by Gasteiger charge is -2.25. The van der Waals surface area contributed by atoms with Crippen LogP contribution in [0.3, 0.4) is 0 Å². The lowest BCUT2D eigenvalue weighted by atomic mass is 9.96. The Morgan fingerprint density at radius 2 is 2.04 bits per heavy atom. The summed E-state index contributed by atoms with van der Waals surface area (Å²) < 4.78 is 19.1. The highest BCUT2D eigenvalue weighted by Crippen LogP contribution is 2.23. The molecule has 0 radical (unpaired) electrons. The van der Waals surface area contributed by atoms with E-state index in [-0.39, 0.29) is 29.8 Å². The molecule has 1 aliphatic rings.